The van der Waals surface area contributed by atoms with Gasteiger partial charge in [0.1, 0.15) is 5.82 Å². The number of nitrogens with zero attached hydrogens (tertiary/aromatic N) is 1. The van der Waals surface area contributed by atoms with Crippen LogP contribution in [-0.4, -0.2) is 40.0 Å². The molecule has 0 spiro atoms. The maximum Gasteiger partial charge on any atom is 0.146 e. The van der Waals surface area contributed by atoms with Crippen molar-refractivity contribution in [1.82, 2.24) is 0 Å². The van der Waals surface area contributed by atoms with Crippen LogP contribution < -0.4 is 10.6 Å². The van der Waals surface area contributed by atoms with Crippen molar-refractivity contribution in [2.75, 3.05) is 38.9 Å². The molecule has 0 saturated carbocycles. The fraction of sp³-hybridized carbons (Fsp3) is 0.600. The standard InChI is InChI=1S/C15H25FN2O2/c1-11(10-20-4)18(7-8-19-3)15-6-5-13(12(2)17)9-14(15)16/h5-6,9,11-12H,7-8,10,17H2,1-4H3/t11?,12-/m1/s1. The molecule has 4 nitrogen and oxygen atoms in total. The lowest BCUT2D eigenvalue weighted by Gasteiger charge is -2.31. The van der Waals surface area contributed by atoms with Crippen LogP contribution in [0.5, 0.6) is 0 Å². The van der Waals surface area contributed by atoms with Crippen LogP contribution in [-0.2, 0) is 9.47 Å². The summed E-state index contributed by atoms with van der Waals surface area (Å²) in [5, 5.41) is 0. The van der Waals surface area contributed by atoms with Gasteiger partial charge in [-0.25, -0.2) is 4.39 Å². The van der Waals surface area contributed by atoms with Gasteiger partial charge in [0.2, 0.25) is 0 Å². The summed E-state index contributed by atoms with van der Waals surface area (Å²) < 4.78 is 24.6. The molecule has 0 saturated heterocycles. The second kappa shape index (κ2) is 8.19. The summed E-state index contributed by atoms with van der Waals surface area (Å²) in [6.45, 7) is 5.50. The molecule has 0 bridgehead atoms. The molecule has 0 fully saturated rings. The summed E-state index contributed by atoms with van der Waals surface area (Å²) >= 11 is 0. The molecule has 2 atom stereocenters. The van der Waals surface area contributed by atoms with Crippen LogP contribution in [0.2, 0.25) is 0 Å². The fourth-order valence-electron chi connectivity index (χ4n) is 2.14. The normalized spacial score (nSPS) is 14.1. The highest BCUT2D eigenvalue weighted by atomic mass is 19.1. The Kier molecular flexibility index (Phi) is 6.91. The van der Waals surface area contributed by atoms with E-state index in [0.717, 1.165) is 5.56 Å². The lowest BCUT2D eigenvalue weighted by molar-refractivity contribution is 0.170. The third-order valence-corrected chi connectivity index (χ3v) is 3.28. The van der Waals surface area contributed by atoms with E-state index in [-0.39, 0.29) is 17.9 Å². The number of anilines is 1. The minimum atomic E-state index is -0.265. The number of hydrogen-bond acceptors (Lipinski definition) is 4. The van der Waals surface area contributed by atoms with E-state index in [0.29, 0.717) is 25.4 Å². The zero-order valence-electron chi connectivity index (χ0n) is 12.7. The van der Waals surface area contributed by atoms with Gasteiger partial charge in [0, 0.05) is 32.8 Å². The van der Waals surface area contributed by atoms with Gasteiger partial charge >= 0.3 is 0 Å². The van der Waals surface area contributed by atoms with Crippen LogP contribution in [0.1, 0.15) is 25.5 Å². The smallest absolute Gasteiger partial charge is 0.146 e. The summed E-state index contributed by atoms with van der Waals surface area (Å²) in [6, 6.07) is 5.02. The molecule has 1 aromatic rings. The van der Waals surface area contributed by atoms with Crippen molar-refractivity contribution in [3.63, 3.8) is 0 Å². The van der Waals surface area contributed by atoms with Crippen molar-refractivity contribution in [2.24, 2.45) is 5.73 Å². The van der Waals surface area contributed by atoms with E-state index >= 15 is 0 Å². The molecule has 0 aliphatic heterocycles. The second-order valence-corrected chi connectivity index (χ2v) is 4.99. The molecule has 0 amide bonds. The van der Waals surface area contributed by atoms with E-state index in [1.807, 2.05) is 24.8 Å². The molecule has 0 radical (unpaired) electrons. The number of halogens is 1. The van der Waals surface area contributed by atoms with Gasteiger partial charge < -0.3 is 20.1 Å². The van der Waals surface area contributed by atoms with Gasteiger partial charge in [-0.3, -0.25) is 0 Å². The number of methoxy groups -OCH3 is 2. The van der Waals surface area contributed by atoms with Crippen molar-refractivity contribution < 1.29 is 13.9 Å². The summed E-state index contributed by atoms with van der Waals surface area (Å²) in [6.07, 6.45) is 0. The third kappa shape index (κ3) is 4.44. The Morgan fingerprint density at radius 3 is 2.45 bits per heavy atom. The van der Waals surface area contributed by atoms with Crippen molar-refractivity contribution in [3.8, 4) is 0 Å². The Labute approximate surface area is 120 Å². The highest BCUT2D eigenvalue weighted by Crippen LogP contribution is 2.24. The average molecular weight is 284 g/mol. The first kappa shape index (κ1) is 16.9. The minimum absolute atomic E-state index is 0.0609. The Morgan fingerprint density at radius 1 is 1.25 bits per heavy atom. The van der Waals surface area contributed by atoms with Crippen LogP contribution in [0.15, 0.2) is 18.2 Å². The molecule has 1 unspecified atom stereocenters. The number of nitrogens with two attached hydrogens (primary N) is 1. The SMILES string of the molecule is COCCN(c1ccc([C@@H](C)N)cc1F)C(C)COC. The summed E-state index contributed by atoms with van der Waals surface area (Å²) in [5.74, 6) is -0.265. The van der Waals surface area contributed by atoms with E-state index in [4.69, 9.17) is 15.2 Å². The lowest BCUT2D eigenvalue weighted by atomic mass is 10.1. The van der Waals surface area contributed by atoms with Crippen LogP contribution in [0.25, 0.3) is 0 Å². The first-order valence-electron chi connectivity index (χ1n) is 6.80. The van der Waals surface area contributed by atoms with Crippen molar-refractivity contribution >= 4 is 5.69 Å². The number of benzene rings is 1. The quantitative estimate of drug-likeness (QED) is 0.796. The largest absolute Gasteiger partial charge is 0.383 e. The van der Waals surface area contributed by atoms with Gasteiger partial charge in [-0.15, -0.1) is 0 Å². The van der Waals surface area contributed by atoms with Crippen molar-refractivity contribution in [1.29, 1.82) is 0 Å². The molecule has 0 aliphatic carbocycles. The van der Waals surface area contributed by atoms with Crippen LogP contribution in [0, 0.1) is 5.82 Å². The maximum absolute atomic E-state index is 14.3. The predicted octanol–water partition coefficient (Wildman–Crippen LogP) is 2.33. The maximum atomic E-state index is 14.3. The average Bonchev–Trinajstić information content (AvgIpc) is 2.40. The van der Waals surface area contributed by atoms with Gasteiger partial charge in [-0.1, -0.05) is 6.07 Å². The molecule has 0 heterocycles. The van der Waals surface area contributed by atoms with Crippen LogP contribution in [0.3, 0.4) is 0 Å². The first-order chi connectivity index (χ1) is 9.51. The third-order valence-electron chi connectivity index (χ3n) is 3.28. The Bertz CT molecular complexity index is 413. The number of ether oxygens (including phenoxy) is 2. The van der Waals surface area contributed by atoms with Gasteiger partial charge in [-0.05, 0) is 31.5 Å². The van der Waals surface area contributed by atoms with E-state index in [1.165, 1.54) is 6.07 Å². The number of rotatable bonds is 8. The topological polar surface area (TPSA) is 47.7 Å². The second-order valence-electron chi connectivity index (χ2n) is 4.99. The highest BCUT2D eigenvalue weighted by molar-refractivity contribution is 5.50. The Hall–Kier alpha value is -1.17. The van der Waals surface area contributed by atoms with Gasteiger partial charge in [0.05, 0.1) is 18.9 Å². The predicted molar refractivity (Wildman–Crippen MR) is 79.6 cm³/mol. The Morgan fingerprint density at radius 2 is 1.95 bits per heavy atom. The number of hydrogen-bond donors (Lipinski definition) is 1. The van der Waals surface area contributed by atoms with Gasteiger partial charge in [0.15, 0.2) is 0 Å². The molecule has 114 valence electrons. The fourth-order valence-corrected chi connectivity index (χ4v) is 2.14. The van der Waals surface area contributed by atoms with Gasteiger partial charge in [0.25, 0.3) is 0 Å². The van der Waals surface area contributed by atoms with E-state index < -0.39 is 0 Å². The molecular formula is C15H25FN2O2. The van der Waals surface area contributed by atoms with Crippen LogP contribution in [0.4, 0.5) is 10.1 Å². The van der Waals surface area contributed by atoms with Crippen molar-refractivity contribution in [2.45, 2.75) is 25.9 Å². The van der Waals surface area contributed by atoms with E-state index in [1.54, 1.807) is 20.3 Å². The first-order valence-corrected chi connectivity index (χ1v) is 6.80. The highest BCUT2D eigenvalue weighted by Gasteiger charge is 2.18. The summed E-state index contributed by atoms with van der Waals surface area (Å²) in [5.41, 5.74) is 7.12. The van der Waals surface area contributed by atoms with E-state index in [9.17, 15) is 4.39 Å². The Balaban J connectivity index is 3.00. The molecule has 5 heteroatoms. The molecule has 20 heavy (non-hydrogen) atoms. The molecule has 1 aromatic carbocycles. The molecular weight excluding hydrogens is 259 g/mol. The zero-order valence-corrected chi connectivity index (χ0v) is 12.7. The van der Waals surface area contributed by atoms with Crippen LogP contribution >= 0.6 is 0 Å². The minimum Gasteiger partial charge on any atom is -0.383 e. The molecule has 2 N–H and O–H groups in total. The molecule has 0 aromatic heterocycles. The zero-order chi connectivity index (χ0) is 15.1. The monoisotopic (exact) mass is 284 g/mol. The lowest BCUT2D eigenvalue weighted by Crippen LogP contribution is -2.39. The molecule has 1 rings (SSSR count). The van der Waals surface area contributed by atoms with Gasteiger partial charge in [-0.2, -0.15) is 0 Å². The van der Waals surface area contributed by atoms with E-state index in [2.05, 4.69) is 0 Å². The molecule has 0 aliphatic rings. The summed E-state index contributed by atoms with van der Waals surface area (Å²) in [7, 11) is 3.27. The van der Waals surface area contributed by atoms with Crippen molar-refractivity contribution in [3.05, 3.63) is 29.6 Å². The summed E-state index contributed by atoms with van der Waals surface area (Å²) in [4.78, 5) is 1.95.